The van der Waals surface area contributed by atoms with Crippen LogP contribution in [-0.4, -0.2) is 15.9 Å². The molecule has 31 heavy (non-hydrogen) atoms. The van der Waals surface area contributed by atoms with Crippen molar-refractivity contribution < 1.29 is 4.79 Å². The summed E-state index contributed by atoms with van der Waals surface area (Å²) in [6, 6.07) is 23.4. The van der Waals surface area contributed by atoms with E-state index in [2.05, 4.69) is 32.7 Å². The molecule has 5 N–H and O–H groups in total. The van der Waals surface area contributed by atoms with Gasteiger partial charge in [-0.15, -0.1) is 0 Å². The molecule has 0 unspecified atom stereocenters. The smallest absolute Gasteiger partial charge is 0.258 e. The maximum Gasteiger partial charge on any atom is 0.258 e. The average Bonchev–Trinajstić information content (AvgIpc) is 3.41. The Bertz CT molecular complexity index is 1260. The Labute approximate surface area is 179 Å². The van der Waals surface area contributed by atoms with E-state index in [4.69, 9.17) is 5.73 Å². The lowest BCUT2D eigenvalue weighted by atomic mass is 9.99. The highest BCUT2D eigenvalue weighted by Gasteiger charge is 2.28. The lowest BCUT2D eigenvalue weighted by Gasteiger charge is -2.15. The van der Waals surface area contributed by atoms with Crippen molar-refractivity contribution in [1.29, 1.82) is 0 Å². The molecule has 152 valence electrons. The number of benzene rings is 3. The Kier molecular flexibility index (Phi) is 4.72. The molecule has 0 aliphatic carbocycles. The summed E-state index contributed by atoms with van der Waals surface area (Å²) in [5.74, 6) is 0.769. The quantitative estimate of drug-likeness (QED) is 0.289. The van der Waals surface area contributed by atoms with E-state index in [-0.39, 0.29) is 5.91 Å². The van der Waals surface area contributed by atoms with E-state index in [9.17, 15) is 4.79 Å². The predicted molar refractivity (Wildman–Crippen MR) is 124 cm³/mol. The fraction of sp³-hybridized carbons (Fsp3) is 0.0400. The van der Waals surface area contributed by atoms with Gasteiger partial charge in [-0.3, -0.25) is 4.79 Å². The molecule has 0 spiro atoms. The summed E-state index contributed by atoms with van der Waals surface area (Å²) in [6.07, 6.45) is 4.30. The summed E-state index contributed by atoms with van der Waals surface area (Å²) >= 11 is 0. The third-order valence-corrected chi connectivity index (χ3v) is 5.25. The minimum atomic E-state index is -0.151. The Morgan fingerprint density at radius 2 is 1.81 bits per heavy atom. The maximum absolute atomic E-state index is 12.9. The fourth-order valence-electron chi connectivity index (χ4n) is 3.76. The molecule has 0 saturated heterocycles. The second kappa shape index (κ2) is 7.84. The van der Waals surface area contributed by atoms with Gasteiger partial charge in [0.2, 0.25) is 0 Å². The van der Waals surface area contributed by atoms with Gasteiger partial charge in [-0.05, 0) is 41.5 Å². The van der Waals surface area contributed by atoms with Crippen molar-refractivity contribution in [3.8, 4) is 0 Å². The molecule has 0 bridgehead atoms. The van der Waals surface area contributed by atoms with Crippen molar-refractivity contribution >= 4 is 34.2 Å². The molecule has 0 radical (unpaired) electrons. The fourth-order valence-corrected chi connectivity index (χ4v) is 3.76. The molecular formula is C25H21N5O. The van der Waals surface area contributed by atoms with E-state index in [1.807, 2.05) is 60.8 Å². The molecule has 3 aromatic carbocycles. The Morgan fingerprint density at radius 1 is 1.00 bits per heavy atom. The van der Waals surface area contributed by atoms with Gasteiger partial charge in [-0.2, -0.15) is 0 Å². The van der Waals surface area contributed by atoms with Crippen LogP contribution in [0.1, 0.15) is 22.5 Å². The number of carbonyl (C=O) groups excluding carboxylic acids is 1. The number of amides is 1. The summed E-state index contributed by atoms with van der Waals surface area (Å²) in [4.78, 5) is 20.3. The van der Waals surface area contributed by atoms with Gasteiger partial charge in [0, 0.05) is 41.4 Å². The summed E-state index contributed by atoms with van der Waals surface area (Å²) in [6.45, 7) is 0. The molecule has 0 atom stereocenters. The number of hydrogen-bond acceptors (Lipinski definition) is 4. The summed E-state index contributed by atoms with van der Waals surface area (Å²) < 4.78 is 0. The topological polar surface area (TPSA) is 95.8 Å². The SMILES string of the molecule is Nc1ccc2c(c1)C(=C(Nc1ccc(Cc3ncc[nH]3)cc1)c1ccccc1)C(=O)N2. The van der Waals surface area contributed by atoms with Crippen molar-refractivity contribution in [3.05, 3.63) is 108 Å². The lowest BCUT2D eigenvalue weighted by molar-refractivity contribution is -0.110. The normalized spacial score (nSPS) is 14.1. The van der Waals surface area contributed by atoms with Gasteiger partial charge < -0.3 is 21.4 Å². The minimum Gasteiger partial charge on any atom is -0.399 e. The average molecular weight is 407 g/mol. The van der Waals surface area contributed by atoms with Crippen molar-refractivity contribution in [1.82, 2.24) is 9.97 Å². The van der Waals surface area contributed by atoms with Gasteiger partial charge in [0.1, 0.15) is 5.82 Å². The molecule has 1 aromatic heterocycles. The molecule has 6 heteroatoms. The Balaban J connectivity index is 1.54. The molecule has 2 heterocycles. The van der Waals surface area contributed by atoms with Crippen LogP contribution in [0.5, 0.6) is 0 Å². The van der Waals surface area contributed by atoms with Gasteiger partial charge >= 0.3 is 0 Å². The highest BCUT2D eigenvalue weighted by molar-refractivity contribution is 6.37. The number of carbonyl (C=O) groups is 1. The van der Waals surface area contributed by atoms with Crippen LogP contribution < -0.4 is 16.4 Å². The third-order valence-electron chi connectivity index (χ3n) is 5.25. The van der Waals surface area contributed by atoms with Crippen LogP contribution >= 0.6 is 0 Å². The first-order valence-corrected chi connectivity index (χ1v) is 10.0. The first-order chi connectivity index (χ1) is 15.2. The lowest BCUT2D eigenvalue weighted by Crippen LogP contribution is -2.10. The number of aromatic amines is 1. The van der Waals surface area contributed by atoms with Crippen molar-refractivity contribution in [2.24, 2.45) is 0 Å². The number of aromatic nitrogens is 2. The third kappa shape index (κ3) is 3.79. The number of nitrogens with one attached hydrogen (secondary N) is 3. The number of hydrogen-bond donors (Lipinski definition) is 4. The molecule has 1 aliphatic heterocycles. The molecule has 0 fully saturated rings. The minimum absolute atomic E-state index is 0.151. The number of nitrogens with two attached hydrogens (primary N) is 1. The Hall–Kier alpha value is -4.32. The molecule has 5 rings (SSSR count). The Morgan fingerprint density at radius 3 is 2.55 bits per heavy atom. The summed E-state index contributed by atoms with van der Waals surface area (Å²) in [5.41, 5.74) is 12.5. The van der Waals surface area contributed by atoms with Crippen molar-refractivity contribution in [3.63, 3.8) is 0 Å². The molecule has 1 amide bonds. The molecule has 1 aliphatic rings. The first kappa shape index (κ1) is 18.7. The maximum atomic E-state index is 12.9. The zero-order valence-corrected chi connectivity index (χ0v) is 16.7. The van der Waals surface area contributed by atoms with Crippen molar-refractivity contribution in [2.75, 3.05) is 16.4 Å². The van der Waals surface area contributed by atoms with Crippen LogP contribution in [0.25, 0.3) is 11.3 Å². The van der Waals surface area contributed by atoms with E-state index >= 15 is 0 Å². The van der Waals surface area contributed by atoms with Crippen LogP contribution in [0.4, 0.5) is 17.1 Å². The largest absolute Gasteiger partial charge is 0.399 e. The number of imidazole rings is 1. The summed E-state index contributed by atoms with van der Waals surface area (Å²) in [5, 5.41) is 6.41. The van der Waals surface area contributed by atoms with Gasteiger partial charge in [-0.25, -0.2) is 4.98 Å². The van der Waals surface area contributed by atoms with Gasteiger partial charge in [0.15, 0.2) is 0 Å². The van der Waals surface area contributed by atoms with Crippen molar-refractivity contribution in [2.45, 2.75) is 6.42 Å². The predicted octanol–water partition coefficient (Wildman–Crippen LogP) is 4.52. The number of anilines is 3. The zero-order valence-electron chi connectivity index (χ0n) is 16.7. The van der Waals surface area contributed by atoms with E-state index < -0.39 is 0 Å². The number of rotatable bonds is 5. The van der Waals surface area contributed by atoms with E-state index in [0.29, 0.717) is 11.3 Å². The second-order valence-electron chi connectivity index (χ2n) is 7.41. The zero-order chi connectivity index (χ0) is 21.2. The van der Waals surface area contributed by atoms with Gasteiger partial charge in [-0.1, -0.05) is 42.5 Å². The molecular weight excluding hydrogens is 386 g/mol. The van der Waals surface area contributed by atoms with Gasteiger partial charge in [0.25, 0.3) is 5.91 Å². The highest BCUT2D eigenvalue weighted by atomic mass is 16.2. The first-order valence-electron chi connectivity index (χ1n) is 10.0. The molecule has 6 nitrogen and oxygen atoms in total. The van der Waals surface area contributed by atoms with Crippen LogP contribution in [0.3, 0.4) is 0 Å². The van der Waals surface area contributed by atoms with E-state index in [1.165, 1.54) is 0 Å². The summed E-state index contributed by atoms with van der Waals surface area (Å²) in [7, 11) is 0. The standard InChI is InChI=1S/C25H21N5O/c26-18-8-11-21-20(15-18)23(25(31)30-21)24(17-4-2-1-3-5-17)29-19-9-6-16(7-10-19)14-22-27-12-13-28-22/h1-13,15,29H,14,26H2,(H,27,28)(H,30,31). The monoisotopic (exact) mass is 407 g/mol. The molecule has 0 saturated carbocycles. The van der Waals surface area contributed by atoms with Gasteiger partial charge in [0.05, 0.1) is 11.3 Å². The van der Waals surface area contributed by atoms with Crippen LogP contribution in [-0.2, 0) is 11.2 Å². The number of nitrogen functional groups attached to an aromatic ring is 1. The van der Waals surface area contributed by atoms with Crippen LogP contribution in [0.15, 0.2) is 85.2 Å². The van der Waals surface area contributed by atoms with E-state index in [0.717, 1.165) is 46.0 Å². The number of nitrogens with zero attached hydrogens (tertiary/aromatic N) is 1. The number of H-pyrrole nitrogens is 1. The highest BCUT2D eigenvalue weighted by Crippen LogP contribution is 2.38. The van der Waals surface area contributed by atoms with Crippen LogP contribution in [0, 0.1) is 0 Å². The van der Waals surface area contributed by atoms with E-state index in [1.54, 1.807) is 12.3 Å². The number of fused-ring (bicyclic) bond motifs is 1. The van der Waals surface area contributed by atoms with Crippen LogP contribution in [0.2, 0.25) is 0 Å². The second-order valence-corrected chi connectivity index (χ2v) is 7.41. The molecule has 4 aromatic rings.